The van der Waals surface area contributed by atoms with Crippen molar-refractivity contribution in [1.82, 2.24) is 5.32 Å². The Bertz CT molecular complexity index is 129. The van der Waals surface area contributed by atoms with Gasteiger partial charge in [0, 0.05) is 18.7 Å². The van der Waals surface area contributed by atoms with E-state index in [1.54, 1.807) is 0 Å². The highest BCUT2D eigenvalue weighted by Gasteiger charge is 2.33. The molecular weight excluding hydrogens is 142 g/mol. The summed E-state index contributed by atoms with van der Waals surface area (Å²) in [5, 5.41) is 12.2. The minimum Gasteiger partial charge on any atom is -0.394 e. The summed E-state index contributed by atoms with van der Waals surface area (Å²) >= 11 is 0. The molecule has 1 heterocycles. The minimum absolute atomic E-state index is 0.111. The Hall–Kier alpha value is -0.120. The third-order valence-corrected chi connectivity index (χ3v) is 2.19. The van der Waals surface area contributed by atoms with Gasteiger partial charge in [-0.1, -0.05) is 0 Å². The molecule has 0 aromatic carbocycles. The molecule has 11 heavy (non-hydrogen) atoms. The van der Waals surface area contributed by atoms with E-state index in [9.17, 15) is 0 Å². The van der Waals surface area contributed by atoms with Crippen LogP contribution in [-0.4, -0.2) is 36.5 Å². The molecule has 3 heteroatoms. The van der Waals surface area contributed by atoms with Crippen LogP contribution in [0.15, 0.2) is 0 Å². The van der Waals surface area contributed by atoms with E-state index in [0.29, 0.717) is 0 Å². The molecule has 2 atom stereocenters. The average Bonchev–Trinajstić information content (AvgIpc) is 2.35. The highest BCUT2D eigenvalue weighted by atomic mass is 16.5. The molecular formula is C8H17NO2. The lowest BCUT2D eigenvalue weighted by atomic mass is 10.0. The smallest absolute Gasteiger partial charge is 0.0717 e. The number of rotatable bonds is 3. The van der Waals surface area contributed by atoms with Gasteiger partial charge in [0.2, 0.25) is 0 Å². The van der Waals surface area contributed by atoms with Gasteiger partial charge in [0.1, 0.15) is 0 Å². The summed E-state index contributed by atoms with van der Waals surface area (Å²) in [5.74, 6) is 0. The minimum atomic E-state index is -0.111. The predicted molar refractivity (Wildman–Crippen MR) is 43.5 cm³/mol. The summed E-state index contributed by atoms with van der Waals surface area (Å²) in [6.07, 6.45) is 1.20. The first-order valence-corrected chi connectivity index (χ1v) is 4.17. The second-order valence-electron chi connectivity index (χ2n) is 3.38. The molecule has 0 saturated carbocycles. The summed E-state index contributed by atoms with van der Waals surface area (Å²) in [7, 11) is 0. The Morgan fingerprint density at radius 1 is 1.73 bits per heavy atom. The zero-order valence-electron chi connectivity index (χ0n) is 7.26. The van der Waals surface area contributed by atoms with Gasteiger partial charge in [-0.15, -0.1) is 0 Å². The predicted octanol–water partition coefficient (Wildman–Crippen LogP) is 0.136. The zero-order chi connectivity index (χ0) is 8.32. The van der Waals surface area contributed by atoms with E-state index in [-0.39, 0.29) is 18.2 Å². The summed E-state index contributed by atoms with van der Waals surface area (Å²) in [5.41, 5.74) is -0.111. The summed E-state index contributed by atoms with van der Waals surface area (Å²) in [6, 6.07) is 0. The third kappa shape index (κ3) is 2.15. The van der Waals surface area contributed by atoms with Crippen molar-refractivity contribution in [3.05, 3.63) is 0 Å². The van der Waals surface area contributed by atoms with Crippen LogP contribution in [0, 0.1) is 0 Å². The lowest BCUT2D eigenvalue weighted by molar-refractivity contribution is 0.0680. The molecule has 0 amide bonds. The van der Waals surface area contributed by atoms with Crippen LogP contribution < -0.4 is 5.32 Å². The van der Waals surface area contributed by atoms with Crippen LogP contribution in [0.5, 0.6) is 0 Å². The highest BCUT2D eigenvalue weighted by Crippen LogP contribution is 2.20. The molecule has 1 aliphatic rings. The molecule has 0 spiro atoms. The number of hydrogen-bond acceptors (Lipinski definition) is 3. The van der Waals surface area contributed by atoms with Crippen molar-refractivity contribution in [2.75, 3.05) is 19.8 Å². The zero-order valence-corrected chi connectivity index (χ0v) is 7.26. The van der Waals surface area contributed by atoms with Gasteiger partial charge in [0.15, 0.2) is 0 Å². The van der Waals surface area contributed by atoms with E-state index in [0.717, 1.165) is 19.6 Å². The largest absolute Gasteiger partial charge is 0.394 e. The summed E-state index contributed by atoms with van der Waals surface area (Å²) in [4.78, 5) is 0. The first-order valence-electron chi connectivity index (χ1n) is 4.17. The Morgan fingerprint density at radius 2 is 2.45 bits per heavy atom. The second-order valence-corrected chi connectivity index (χ2v) is 3.38. The van der Waals surface area contributed by atoms with Crippen molar-refractivity contribution in [2.45, 2.75) is 31.9 Å². The standard InChI is InChI=1S/C8H17NO2/c1-3-11-7-4-8(2,6-10)9-5-7/h7,9-10H,3-6H2,1-2H3. The van der Waals surface area contributed by atoms with Crippen LogP contribution in [0.3, 0.4) is 0 Å². The maximum Gasteiger partial charge on any atom is 0.0717 e. The van der Waals surface area contributed by atoms with E-state index in [1.807, 2.05) is 13.8 Å². The third-order valence-electron chi connectivity index (χ3n) is 2.19. The van der Waals surface area contributed by atoms with Gasteiger partial charge in [0.25, 0.3) is 0 Å². The molecule has 0 radical (unpaired) electrons. The quantitative estimate of drug-likeness (QED) is 0.615. The van der Waals surface area contributed by atoms with Gasteiger partial charge >= 0.3 is 0 Å². The van der Waals surface area contributed by atoms with Crippen molar-refractivity contribution in [3.63, 3.8) is 0 Å². The Morgan fingerprint density at radius 3 is 2.91 bits per heavy atom. The van der Waals surface area contributed by atoms with Crippen molar-refractivity contribution in [2.24, 2.45) is 0 Å². The summed E-state index contributed by atoms with van der Waals surface area (Å²) in [6.45, 7) is 5.83. The van der Waals surface area contributed by atoms with E-state index in [1.165, 1.54) is 0 Å². The first kappa shape index (κ1) is 8.97. The lowest BCUT2D eigenvalue weighted by Gasteiger charge is -2.20. The van der Waals surface area contributed by atoms with Gasteiger partial charge in [-0.2, -0.15) is 0 Å². The van der Waals surface area contributed by atoms with Crippen molar-refractivity contribution in [3.8, 4) is 0 Å². The lowest BCUT2D eigenvalue weighted by Crippen LogP contribution is -2.39. The highest BCUT2D eigenvalue weighted by molar-refractivity contribution is 4.93. The topological polar surface area (TPSA) is 41.5 Å². The van der Waals surface area contributed by atoms with Gasteiger partial charge < -0.3 is 15.2 Å². The van der Waals surface area contributed by atoms with E-state index in [4.69, 9.17) is 9.84 Å². The molecule has 66 valence electrons. The molecule has 0 aromatic heterocycles. The number of nitrogens with one attached hydrogen (secondary N) is 1. The molecule has 2 N–H and O–H groups in total. The molecule has 3 nitrogen and oxygen atoms in total. The fraction of sp³-hybridized carbons (Fsp3) is 1.00. The van der Waals surface area contributed by atoms with Crippen LogP contribution in [0.25, 0.3) is 0 Å². The Labute approximate surface area is 67.7 Å². The van der Waals surface area contributed by atoms with Gasteiger partial charge in [-0.25, -0.2) is 0 Å². The van der Waals surface area contributed by atoms with Crippen LogP contribution >= 0.6 is 0 Å². The fourth-order valence-corrected chi connectivity index (χ4v) is 1.48. The Balaban J connectivity index is 2.33. The SMILES string of the molecule is CCOC1CNC(C)(CO)C1. The number of aliphatic hydroxyl groups is 1. The van der Waals surface area contributed by atoms with Crippen LogP contribution in [0.4, 0.5) is 0 Å². The van der Waals surface area contributed by atoms with Gasteiger partial charge in [0.05, 0.1) is 12.7 Å². The van der Waals surface area contributed by atoms with Crippen molar-refractivity contribution < 1.29 is 9.84 Å². The summed E-state index contributed by atoms with van der Waals surface area (Å²) < 4.78 is 5.43. The van der Waals surface area contributed by atoms with Crippen molar-refractivity contribution >= 4 is 0 Å². The molecule has 1 aliphatic heterocycles. The fourth-order valence-electron chi connectivity index (χ4n) is 1.48. The molecule has 1 rings (SSSR count). The van der Waals surface area contributed by atoms with E-state index >= 15 is 0 Å². The number of ether oxygens (including phenoxy) is 1. The molecule has 1 saturated heterocycles. The Kier molecular flexibility index (Phi) is 2.87. The van der Waals surface area contributed by atoms with Crippen LogP contribution in [0.2, 0.25) is 0 Å². The van der Waals surface area contributed by atoms with Crippen molar-refractivity contribution in [1.29, 1.82) is 0 Å². The van der Waals surface area contributed by atoms with E-state index < -0.39 is 0 Å². The molecule has 0 aliphatic carbocycles. The molecule has 2 unspecified atom stereocenters. The van der Waals surface area contributed by atoms with E-state index in [2.05, 4.69) is 5.32 Å². The molecule has 0 aromatic rings. The van der Waals surface area contributed by atoms with Gasteiger partial charge in [-0.3, -0.25) is 0 Å². The van der Waals surface area contributed by atoms with Crippen LogP contribution in [0.1, 0.15) is 20.3 Å². The average molecular weight is 159 g/mol. The molecule has 0 bridgehead atoms. The van der Waals surface area contributed by atoms with Gasteiger partial charge in [-0.05, 0) is 20.3 Å². The second kappa shape index (κ2) is 3.52. The number of hydrogen-bond donors (Lipinski definition) is 2. The monoisotopic (exact) mass is 159 g/mol. The normalized spacial score (nSPS) is 37.9. The number of aliphatic hydroxyl groups excluding tert-OH is 1. The first-order chi connectivity index (χ1) is 5.20. The maximum atomic E-state index is 8.99. The van der Waals surface area contributed by atoms with Crippen LogP contribution in [-0.2, 0) is 4.74 Å². The maximum absolute atomic E-state index is 8.99. The molecule has 1 fully saturated rings.